The van der Waals surface area contributed by atoms with Gasteiger partial charge in [-0.3, -0.25) is 4.90 Å². The molecule has 2 aromatic carbocycles. The van der Waals surface area contributed by atoms with E-state index in [2.05, 4.69) is 46.1 Å². The molecule has 0 spiro atoms. The molecule has 5 nitrogen and oxygen atoms in total. The molecule has 0 aromatic heterocycles. The van der Waals surface area contributed by atoms with Crippen LogP contribution < -0.4 is 4.90 Å². The van der Waals surface area contributed by atoms with Gasteiger partial charge in [-0.2, -0.15) is 0 Å². The minimum Gasteiger partial charge on any atom is -0.507 e. The molecular formula is C19H22ClN3O2. The Labute approximate surface area is 152 Å². The lowest BCUT2D eigenvalue weighted by atomic mass is 10.1. The summed E-state index contributed by atoms with van der Waals surface area (Å²) < 4.78 is 0. The van der Waals surface area contributed by atoms with Crippen molar-refractivity contribution in [3.63, 3.8) is 0 Å². The zero-order valence-electron chi connectivity index (χ0n) is 14.2. The number of phenols is 1. The zero-order valence-corrected chi connectivity index (χ0v) is 14.9. The lowest BCUT2D eigenvalue weighted by Gasteiger charge is -2.36. The van der Waals surface area contributed by atoms with E-state index in [9.17, 15) is 5.11 Å². The van der Waals surface area contributed by atoms with E-state index in [1.807, 2.05) is 0 Å². The van der Waals surface area contributed by atoms with Gasteiger partial charge in [0.05, 0.1) is 6.21 Å². The molecule has 0 unspecified atom stereocenters. The molecule has 0 bridgehead atoms. The Hall–Kier alpha value is -2.24. The first-order valence-electron chi connectivity index (χ1n) is 8.29. The minimum atomic E-state index is 0.114. The second-order valence-electron chi connectivity index (χ2n) is 6.35. The highest BCUT2D eigenvalue weighted by molar-refractivity contribution is 6.31. The van der Waals surface area contributed by atoms with Gasteiger partial charge in [0.2, 0.25) is 0 Å². The minimum absolute atomic E-state index is 0.114. The van der Waals surface area contributed by atoms with Crippen molar-refractivity contribution in [3.05, 3.63) is 58.1 Å². The summed E-state index contributed by atoms with van der Waals surface area (Å²) in [5.74, 6) is 0.114. The van der Waals surface area contributed by atoms with Gasteiger partial charge in [0.25, 0.3) is 0 Å². The van der Waals surface area contributed by atoms with Crippen molar-refractivity contribution in [2.24, 2.45) is 5.16 Å². The second-order valence-corrected chi connectivity index (χ2v) is 6.78. The molecule has 1 fully saturated rings. The molecule has 132 valence electrons. The van der Waals surface area contributed by atoms with Crippen molar-refractivity contribution in [3.8, 4) is 5.75 Å². The fourth-order valence-electron chi connectivity index (χ4n) is 3.12. The maximum atomic E-state index is 10.3. The van der Waals surface area contributed by atoms with Gasteiger partial charge in [-0.25, -0.2) is 0 Å². The summed E-state index contributed by atoms with van der Waals surface area (Å²) in [7, 11) is 0. The van der Waals surface area contributed by atoms with Crippen molar-refractivity contribution in [1.29, 1.82) is 0 Å². The van der Waals surface area contributed by atoms with Crippen LogP contribution in [0.15, 0.2) is 41.6 Å². The molecule has 0 saturated carbocycles. The van der Waals surface area contributed by atoms with E-state index in [1.54, 1.807) is 12.1 Å². The molecule has 2 N–H and O–H groups in total. The van der Waals surface area contributed by atoms with Gasteiger partial charge in [0.1, 0.15) is 5.75 Å². The number of oxime groups is 1. The lowest BCUT2D eigenvalue weighted by molar-refractivity contribution is 0.246. The summed E-state index contributed by atoms with van der Waals surface area (Å²) >= 11 is 6.11. The van der Waals surface area contributed by atoms with Crippen LogP contribution in [0.25, 0.3) is 0 Å². The summed E-state index contributed by atoms with van der Waals surface area (Å²) in [6.45, 7) is 6.40. The maximum absolute atomic E-state index is 10.3. The van der Waals surface area contributed by atoms with Gasteiger partial charge in [-0.15, -0.1) is 0 Å². The molecular weight excluding hydrogens is 338 g/mol. The van der Waals surface area contributed by atoms with Gasteiger partial charge in [0.15, 0.2) is 0 Å². The van der Waals surface area contributed by atoms with Crippen LogP contribution in [0.5, 0.6) is 5.75 Å². The molecule has 1 aliphatic heterocycles. The molecule has 0 aliphatic carbocycles. The van der Waals surface area contributed by atoms with Crippen LogP contribution in [0.2, 0.25) is 5.02 Å². The summed E-state index contributed by atoms with van der Waals surface area (Å²) in [5.41, 5.74) is 3.67. The summed E-state index contributed by atoms with van der Waals surface area (Å²) in [5, 5.41) is 22.5. The van der Waals surface area contributed by atoms with Crippen LogP contribution >= 0.6 is 11.6 Å². The van der Waals surface area contributed by atoms with Gasteiger partial charge in [0, 0.05) is 54.6 Å². The monoisotopic (exact) mass is 359 g/mol. The molecule has 3 rings (SSSR count). The third kappa shape index (κ3) is 4.24. The number of nitrogens with zero attached hydrogens (tertiary/aromatic N) is 3. The summed E-state index contributed by atoms with van der Waals surface area (Å²) in [4.78, 5) is 4.66. The van der Waals surface area contributed by atoms with Gasteiger partial charge < -0.3 is 15.2 Å². The molecule has 0 atom stereocenters. The predicted octanol–water partition coefficient (Wildman–Crippen LogP) is 3.48. The van der Waals surface area contributed by atoms with Crippen LogP contribution in [-0.2, 0) is 6.54 Å². The smallest absolute Gasteiger partial charge is 0.129 e. The molecule has 6 heteroatoms. The molecule has 1 heterocycles. The summed E-state index contributed by atoms with van der Waals surface area (Å²) in [6, 6.07) is 11.9. The number of benzene rings is 2. The van der Waals surface area contributed by atoms with E-state index < -0.39 is 0 Å². The van der Waals surface area contributed by atoms with Crippen molar-refractivity contribution in [2.45, 2.75) is 13.5 Å². The van der Waals surface area contributed by atoms with E-state index in [0.717, 1.165) is 31.7 Å². The van der Waals surface area contributed by atoms with Gasteiger partial charge >= 0.3 is 0 Å². The Morgan fingerprint density at radius 1 is 1.12 bits per heavy atom. The molecule has 2 aromatic rings. The number of piperazine rings is 1. The largest absolute Gasteiger partial charge is 0.507 e. The number of aryl methyl sites for hydroxylation is 1. The molecule has 0 amide bonds. The van der Waals surface area contributed by atoms with Gasteiger partial charge in [-0.05, 0) is 31.2 Å². The molecule has 1 saturated heterocycles. The maximum Gasteiger partial charge on any atom is 0.129 e. The fraction of sp³-hybridized carbons (Fsp3) is 0.316. The number of hydrogen-bond acceptors (Lipinski definition) is 5. The predicted molar refractivity (Wildman–Crippen MR) is 101 cm³/mol. The van der Waals surface area contributed by atoms with Crippen LogP contribution in [0.3, 0.4) is 0 Å². The third-order valence-electron chi connectivity index (χ3n) is 4.55. The molecule has 25 heavy (non-hydrogen) atoms. The highest BCUT2D eigenvalue weighted by atomic mass is 35.5. The first-order valence-corrected chi connectivity index (χ1v) is 8.67. The lowest BCUT2D eigenvalue weighted by Crippen LogP contribution is -2.46. The molecule has 1 aliphatic rings. The highest BCUT2D eigenvalue weighted by Crippen LogP contribution is 2.28. The number of rotatable bonds is 4. The number of halogens is 1. The van der Waals surface area contributed by atoms with Crippen LogP contribution in [0.1, 0.15) is 16.7 Å². The van der Waals surface area contributed by atoms with Crippen molar-refractivity contribution >= 4 is 23.5 Å². The van der Waals surface area contributed by atoms with E-state index in [4.69, 9.17) is 16.8 Å². The van der Waals surface area contributed by atoms with Crippen molar-refractivity contribution in [2.75, 3.05) is 31.1 Å². The van der Waals surface area contributed by atoms with E-state index in [1.165, 1.54) is 17.5 Å². The SMILES string of the molecule is Cc1ccc(N2CCN(Cc3cc(Cl)cc(/C=N/O)c3O)CC2)cc1. The Kier molecular flexibility index (Phi) is 5.46. The third-order valence-corrected chi connectivity index (χ3v) is 4.76. The van der Waals surface area contributed by atoms with Gasteiger partial charge in [-0.1, -0.05) is 34.5 Å². The van der Waals surface area contributed by atoms with Crippen molar-refractivity contribution in [1.82, 2.24) is 4.90 Å². The van der Waals surface area contributed by atoms with E-state index in [0.29, 0.717) is 17.1 Å². The van der Waals surface area contributed by atoms with Crippen molar-refractivity contribution < 1.29 is 10.3 Å². The van der Waals surface area contributed by atoms with Crippen LogP contribution in [-0.4, -0.2) is 47.6 Å². The number of phenolic OH excluding ortho intramolecular Hbond substituents is 1. The Balaban J connectivity index is 1.65. The van der Waals surface area contributed by atoms with E-state index >= 15 is 0 Å². The second kappa shape index (κ2) is 7.76. The first kappa shape index (κ1) is 17.6. The first-order chi connectivity index (χ1) is 12.1. The van der Waals surface area contributed by atoms with Crippen LogP contribution in [0, 0.1) is 6.92 Å². The Morgan fingerprint density at radius 2 is 1.80 bits per heavy atom. The topological polar surface area (TPSA) is 59.3 Å². The molecule has 0 radical (unpaired) electrons. The normalized spacial score (nSPS) is 15.8. The summed E-state index contributed by atoms with van der Waals surface area (Å²) in [6.07, 6.45) is 1.19. The average molecular weight is 360 g/mol. The fourth-order valence-corrected chi connectivity index (χ4v) is 3.37. The Morgan fingerprint density at radius 3 is 2.44 bits per heavy atom. The standard InChI is InChI=1S/C19H22ClN3O2/c1-14-2-4-18(5-3-14)23-8-6-22(7-9-23)13-16-11-17(20)10-15(12-21-25)19(16)24/h2-5,10-12,24-25H,6-9,13H2,1H3/b21-12+. The number of hydrogen-bond donors (Lipinski definition) is 2. The van der Waals surface area contributed by atoms with Crippen LogP contribution in [0.4, 0.5) is 5.69 Å². The van der Waals surface area contributed by atoms with E-state index in [-0.39, 0.29) is 5.75 Å². The quantitative estimate of drug-likeness (QED) is 0.498. The average Bonchev–Trinajstić information content (AvgIpc) is 2.61. The highest BCUT2D eigenvalue weighted by Gasteiger charge is 2.19. The number of anilines is 1. The number of aromatic hydroxyl groups is 1. The Bertz CT molecular complexity index is 754. The zero-order chi connectivity index (χ0) is 17.8.